The lowest BCUT2D eigenvalue weighted by Gasteiger charge is -2.13. The Morgan fingerprint density at radius 3 is 2.44 bits per heavy atom. The molecule has 0 fully saturated rings. The van der Waals surface area contributed by atoms with E-state index in [2.05, 4.69) is 0 Å². The van der Waals surface area contributed by atoms with E-state index in [0.29, 0.717) is 0 Å². The average Bonchev–Trinajstić information content (AvgIpc) is 2.10. The van der Waals surface area contributed by atoms with Crippen molar-refractivity contribution in [1.82, 2.24) is 0 Å². The third-order valence-electron chi connectivity index (χ3n) is 2.15. The normalized spacial score (nSPS) is 11.6. The van der Waals surface area contributed by atoms with Crippen molar-refractivity contribution in [1.29, 1.82) is 0 Å². The maximum absolute atomic E-state index is 12.4. The van der Waals surface area contributed by atoms with Gasteiger partial charge in [-0.2, -0.15) is 13.2 Å². The molecule has 0 saturated heterocycles. The highest BCUT2D eigenvalue weighted by Crippen LogP contribution is 2.37. The van der Waals surface area contributed by atoms with E-state index in [1.54, 1.807) is 0 Å². The predicted octanol–water partition coefficient (Wildman–Crippen LogP) is 3.29. The maximum Gasteiger partial charge on any atom is 0.417 e. The third kappa shape index (κ3) is 2.66. The second kappa shape index (κ2) is 4.33. The van der Waals surface area contributed by atoms with Crippen LogP contribution < -0.4 is 0 Å². The second-order valence-corrected chi connectivity index (χ2v) is 3.66. The summed E-state index contributed by atoms with van der Waals surface area (Å²) >= 11 is 5.55. The molecule has 88 valence electrons. The molecule has 2 nitrogen and oxygen atoms in total. The molecule has 1 aromatic rings. The van der Waals surface area contributed by atoms with Crippen LogP contribution in [0.5, 0.6) is 0 Å². The average molecular weight is 253 g/mol. The Morgan fingerprint density at radius 1 is 1.44 bits per heavy atom. The van der Waals surface area contributed by atoms with Gasteiger partial charge in [0.2, 0.25) is 0 Å². The molecule has 1 aromatic carbocycles. The minimum absolute atomic E-state index is 0.152. The molecule has 0 radical (unpaired) electrons. The molecular formula is C10H8ClF3O2. The maximum atomic E-state index is 12.4. The first-order valence-corrected chi connectivity index (χ1v) is 4.68. The Kier molecular flexibility index (Phi) is 3.48. The molecule has 0 unspecified atom stereocenters. The number of hydrogen-bond donors (Lipinski definition) is 1. The highest BCUT2D eigenvalue weighted by Gasteiger charge is 2.34. The van der Waals surface area contributed by atoms with Crippen molar-refractivity contribution in [3.63, 3.8) is 0 Å². The van der Waals surface area contributed by atoms with E-state index >= 15 is 0 Å². The monoisotopic (exact) mass is 252 g/mol. The summed E-state index contributed by atoms with van der Waals surface area (Å²) < 4.78 is 37.3. The van der Waals surface area contributed by atoms with E-state index in [4.69, 9.17) is 16.7 Å². The Labute approximate surface area is 94.6 Å². The first-order valence-electron chi connectivity index (χ1n) is 4.30. The van der Waals surface area contributed by atoms with Gasteiger partial charge in [0.25, 0.3) is 0 Å². The van der Waals surface area contributed by atoms with E-state index in [-0.39, 0.29) is 17.5 Å². The van der Waals surface area contributed by atoms with Crippen LogP contribution in [0.1, 0.15) is 16.7 Å². The highest BCUT2D eigenvalue weighted by molar-refractivity contribution is 6.32. The highest BCUT2D eigenvalue weighted by atomic mass is 35.5. The summed E-state index contributed by atoms with van der Waals surface area (Å²) in [5, 5.41) is 8.11. The zero-order valence-electron chi connectivity index (χ0n) is 8.23. The minimum atomic E-state index is -4.52. The van der Waals surface area contributed by atoms with Crippen molar-refractivity contribution < 1.29 is 23.1 Å². The molecule has 0 aliphatic carbocycles. The quantitative estimate of drug-likeness (QED) is 0.877. The summed E-state index contributed by atoms with van der Waals surface area (Å²) in [5.74, 6) is -1.11. The Morgan fingerprint density at radius 2 is 2.00 bits per heavy atom. The lowest BCUT2D eigenvalue weighted by atomic mass is 10.0. The molecule has 16 heavy (non-hydrogen) atoms. The van der Waals surface area contributed by atoms with Crippen molar-refractivity contribution in [2.24, 2.45) is 0 Å². The molecule has 0 saturated carbocycles. The van der Waals surface area contributed by atoms with Crippen LogP contribution in [-0.2, 0) is 17.4 Å². The largest absolute Gasteiger partial charge is 0.481 e. The van der Waals surface area contributed by atoms with Gasteiger partial charge in [-0.15, -0.1) is 0 Å². The Bertz CT molecular complexity index is 427. The van der Waals surface area contributed by atoms with E-state index < -0.39 is 22.7 Å². The van der Waals surface area contributed by atoms with Crippen molar-refractivity contribution >= 4 is 17.6 Å². The fourth-order valence-electron chi connectivity index (χ4n) is 1.30. The molecule has 0 bridgehead atoms. The van der Waals surface area contributed by atoms with E-state index in [1.807, 2.05) is 0 Å². The number of benzene rings is 1. The van der Waals surface area contributed by atoms with Gasteiger partial charge in [0.1, 0.15) is 0 Å². The summed E-state index contributed by atoms with van der Waals surface area (Å²) in [6, 6.07) is 1.94. The Balaban J connectivity index is 3.24. The molecule has 0 atom stereocenters. The second-order valence-electron chi connectivity index (χ2n) is 3.28. The molecule has 0 aromatic heterocycles. The van der Waals surface area contributed by atoms with Crippen LogP contribution in [0.3, 0.4) is 0 Å². The zero-order chi connectivity index (χ0) is 12.5. The fraction of sp³-hybridized carbons (Fsp3) is 0.300. The number of carboxylic acid groups (broad SMARTS) is 1. The number of halogens is 4. The van der Waals surface area contributed by atoms with Gasteiger partial charge in [-0.05, 0) is 24.1 Å². The minimum Gasteiger partial charge on any atom is -0.481 e. The lowest BCUT2D eigenvalue weighted by Crippen LogP contribution is -2.09. The van der Waals surface area contributed by atoms with E-state index in [9.17, 15) is 18.0 Å². The van der Waals surface area contributed by atoms with Crippen molar-refractivity contribution in [3.8, 4) is 0 Å². The Hall–Kier alpha value is -1.23. The van der Waals surface area contributed by atoms with Gasteiger partial charge in [0.15, 0.2) is 0 Å². The molecule has 0 aliphatic rings. The molecule has 6 heteroatoms. The standard InChI is InChI=1S/C10H8ClF3O2/c1-5-6(4-8(15)16)2-3-7(9(5)11)10(12,13)14/h2-3H,4H2,1H3,(H,15,16). The van der Waals surface area contributed by atoms with Gasteiger partial charge in [-0.3, -0.25) is 4.79 Å². The summed E-state index contributed by atoms with van der Waals surface area (Å²) in [6.07, 6.45) is -4.87. The van der Waals surface area contributed by atoms with Crippen LogP contribution in [0.25, 0.3) is 0 Å². The molecule has 0 spiro atoms. The van der Waals surface area contributed by atoms with Gasteiger partial charge in [-0.25, -0.2) is 0 Å². The molecule has 0 heterocycles. The van der Waals surface area contributed by atoms with Crippen LogP contribution >= 0.6 is 11.6 Å². The third-order valence-corrected chi connectivity index (χ3v) is 2.63. The zero-order valence-corrected chi connectivity index (χ0v) is 8.99. The summed E-state index contributed by atoms with van der Waals surface area (Å²) in [6.45, 7) is 1.37. The summed E-state index contributed by atoms with van der Waals surface area (Å²) in [7, 11) is 0. The number of carboxylic acids is 1. The molecular weight excluding hydrogens is 245 g/mol. The van der Waals surface area contributed by atoms with Crippen LogP contribution in [0.15, 0.2) is 12.1 Å². The first kappa shape index (κ1) is 12.8. The summed E-state index contributed by atoms with van der Waals surface area (Å²) in [5.41, 5.74) is -0.509. The molecule has 1 rings (SSSR count). The summed E-state index contributed by atoms with van der Waals surface area (Å²) in [4.78, 5) is 10.4. The van der Waals surface area contributed by atoms with Gasteiger partial charge in [-0.1, -0.05) is 17.7 Å². The van der Waals surface area contributed by atoms with E-state index in [0.717, 1.165) is 12.1 Å². The van der Waals surface area contributed by atoms with Gasteiger partial charge in [0, 0.05) is 0 Å². The van der Waals surface area contributed by atoms with Crippen molar-refractivity contribution in [3.05, 3.63) is 33.8 Å². The molecule has 0 amide bonds. The van der Waals surface area contributed by atoms with Gasteiger partial charge < -0.3 is 5.11 Å². The van der Waals surface area contributed by atoms with Crippen molar-refractivity contribution in [2.45, 2.75) is 19.5 Å². The lowest BCUT2D eigenvalue weighted by molar-refractivity contribution is -0.137. The van der Waals surface area contributed by atoms with Crippen molar-refractivity contribution in [2.75, 3.05) is 0 Å². The SMILES string of the molecule is Cc1c(CC(=O)O)ccc(C(F)(F)F)c1Cl. The van der Waals surface area contributed by atoms with Gasteiger partial charge in [0.05, 0.1) is 17.0 Å². The van der Waals surface area contributed by atoms with Crippen LogP contribution in [-0.4, -0.2) is 11.1 Å². The number of rotatable bonds is 2. The van der Waals surface area contributed by atoms with Crippen LogP contribution in [0, 0.1) is 6.92 Å². The topological polar surface area (TPSA) is 37.3 Å². The number of aliphatic carboxylic acids is 1. The smallest absolute Gasteiger partial charge is 0.417 e. The van der Waals surface area contributed by atoms with Crippen LogP contribution in [0.2, 0.25) is 5.02 Å². The number of alkyl halides is 3. The predicted molar refractivity (Wildman–Crippen MR) is 52.5 cm³/mol. The van der Waals surface area contributed by atoms with E-state index in [1.165, 1.54) is 6.92 Å². The number of hydrogen-bond acceptors (Lipinski definition) is 1. The van der Waals surface area contributed by atoms with Gasteiger partial charge >= 0.3 is 12.1 Å². The first-order chi connectivity index (χ1) is 7.23. The van der Waals surface area contributed by atoms with Crippen LogP contribution in [0.4, 0.5) is 13.2 Å². The fourth-order valence-corrected chi connectivity index (χ4v) is 1.59. The molecule has 0 aliphatic heterocycles. The number of carbonyl (C=O) groups is 1. The molecule has 1 N–H and O–H groups in total.